The molecule has 0 unspecified atom stereocenters. The van der Waals surface area contributed by atoms with Crippen LogP contribution in [0.3, 0.4) is 0 Å². The van der Waals surface area contributed by atoms with E-state index in [2.05, 4.69) is 9.97 Å². The Bertz CT molecular complexity index is 2200. The Hall–Kier alpha value is -4.84. The topological polar surface area (TPSA) is 99.9 Å². The van der Waals surface area contributed by atoms with E-state index in [0.29, 0.717) is 65.2 Å². The van der Waals surface area contributed by atoms with Gasteiger partial charge in [0, 0.05) is 32.3 Å². The zero-order valence-electron chi connectivity index (χ0n) is 19.4. The lowest BCUT2D eigenvalue weighted by Gasteiger charge is -2.14. The molecule has 1 aromatic heterocycles. The van der Waals surface area contributed by atoms with Crippen LogP contribution in [0.2, 0.25) is 0 Å². The Labute approximate surface area is 201 Å². The quantitative estimate of drug-likeness (QED) is 0.247. The second kappa shape index (κ2) is 6.86. The van der Waals surface area contributed by atoms with Gasteiger partial charge in [0.1, 0.15) is 0 Å². The predicted molar refractivity (Wildman–Crippen MR) is 146 cm³/mol. The van der Waals surface area contributed by atoms with E-state index in [1.54, 1.807) is 60.7 Å². The molecule has 0 spiro atoms. The van der Waals surface area contributed by atoms with Crippen LogP contribution >= 0.6 is 0 Å². The summed E-state index contributed by atoms with van der Waals surface area (Å²) in [4.78, 5) is 60.5. The van der Waals surface area contributed by atoms with E-state index in [4.69, 9.17) is 0 Å². The third-order valence-corrected chi connectivity index (χ3v) is 7.33. The number of hydrogen-bond acceptors (Lipinski definition) is 4. The van der Waals surface area contributed by atoms with Gasteiger partial charge in [-0.3, -0.25) is 19.2 Å². The van der Waals surface area contributed by atoms with Gasteiger partial charge in [-0.05, 0) is 37.1 Å². The molecule has 1 heterocycles. The van der Waals surface area contributed by atoms with Gasteiger partial charge in [0.05, 0.1) is 32.8 Å². The number of aromatic nitrogens is 2. The number of aromatic amines is 2. The van der Waals surface area contributed by atoms with Gasteiger partial charge in [0.15, 0.2) is 21.7 Å². The van der Waals surface area contributed by atoms with Crippen molar-refractivity contribution in [3.05, 3.63) is 113 Å². The Morgan fingerprint density at radius 1 is 0.444 bits per heavy atom. The minimum atomic E-state index is -0.231. The third-order valence-electron chi connectivity index (χ3n) is 7.33. The van der Waals surface area contributed by atoms with Gasteiger partial charge in [-0.2, -0.15) is 0 Å². The highest BCUT2D eigenvalue weighted by atomic mass is 16.1. The van der Waals surface area contributed by atoms with Gasteiger partial charge in [-0.25, -0.2) is 0 Å². The van der Waals surface area contributed by atoms with Crippen molar-refractivity contribution in [3.8, 4) is 0 Å². The first-order valence-corrected chi connectivity index (χ1v) is 11.6. The van der Waals surface area contributed by atoms with Crippen LogP contribution < -0.4 is 21.7 Å². The number of nitrogens with one attached hydrogen (secondary N) is 2. The third kappa shape index (κ3) is 2.45. The van der Waals surface area contributed by atoms with Crippen LogP contribution in [0, 0.1) is 13.8 Å². The van der Waals surface area contributed by atoms with Crippen molar-refractivity contribution < 1.29 is 0 Å². The molecule has 0 radical (unpaired) electrons. The van der Waals surface area contributed by atoms with Gasteiger partial charge >= 0.3 is 0 Å². The predicted octanol–water partition coefficient (Wildman–Crippen LogP) is 4.76. The molecule has 0 aliphatic carbocycles. The molecule has 172 valence electrons. The molecule has 0 saturated carbocycles. The maximum absolute atomic E-state index is 13.6. The molecular weight excluding hydrogens is 452 g/mol. The molecule has 7 aromatic rings. The molecule has 0 fully saturated rings. The number of H-pyrrole nitrogens is 2. The minimum Gasteiger partial charge on any atom is -0.351 e. The van der Waals surface area contributed by atoms with E-state index >= 15 is 0 Å². The smallest absolute Gasteiger partial charge is 0.196 e. The van der Waals surface area contributed by atoms with Gasteiger partial charge in [0.2, 0.25) is 0 Å². The van der Waals surface area contributed by atoms with Crippen LogP contribution in [0.15, 0.2) is 79.8 Å². The molecule has 6 aromatic carbocycles. The average molecular weight is 470 g/mol. The second-order valence-corrected chi connectivity index (χ2v) is 9.39. The summed E-state index contributed by atoms with van der Waals surface area (Å²) in [5, 5.41) is 2.84. The van der Waals surface area contributed by atoms with Crippen molar-refractivity contribution in [2.45, 2.75) is 13.8 Å². The van der Waals surface area contributed by atoms with Gasteiger partial charge < -0.3 is 9.97 Å². The molecule has 0 aliphatic rings. The maximum atomic E-state index is 13.6. The summed E-state index contributed by atoms with van der Waals surface area (Å²) < 4.78 is 0. The summed E-state index contributed by atoms with van der Waals surface area (Å²) in [7, 11) is 0. The zero-order valence-corrected chi connectivity index (χ0v) is 19.4. The number of hydrogen-bond donors (Lipinski definition) is 2. The molecule has 0 aliphatic heterocycles. The summed E-state index contributed by atoms with van der Waals surface area (Å²) in [6, 6.07) is 17.1. The van der Waals surface area contributed by atoms with E-state index in [1.807, 2.05) is 13.8 Å². The largest absolute Gasteiger partial charge is 0.351 e. The van der Waals surface area contributed by atoms with Crippen molar-refractivity contribution in [2.75, 3.05) is 0 Å². The molecular formula is C30H18N2O4. The maximum Gasteiger partial charge on any atom is 0.196 e. The number of fused-ring (bicyclic) bond motifs is 8. The number of aryl methyl sites for hydroxylation is 2. The van der Waals surface area contributed by atoms with Crippen LogP contribution in [0.5, 0.6) is 0 Å². The number of benzene rings is 6. The lowest BCUT2D eigenvalue weighted by atomic mass is 9.97. The lowest BCUT2D eigenvalue weighted by molar-refractivity contribution is 1.35. The fourth-order valence-corrected chi connectivity index (χ4v) is 5.61. The van der Waals surface area contributed by atoms with Crippen molar-refractivity contribution in [3.63, 3.8) is 0 Å². The molecule has 0 amide bonds. The summed E-state index contributed by atoms with van der Waals surface area (Å²) in [6.45, 7) is 3.70. The second-order valence-electron chi connectivity index (χ2n) is 9.39. The Kier molecular flexibility index (Phi) is 3.91. The highest BCUT2D eigenvalue weighted by molar-refractivity contribution is 6.15. The zero-order chi connectivity index (χ0) is 24.9. The Morgan fingerprint density at radius 2 is 0.778 bits per heavy atom. The highest BCUT2D eigenvalue weighted by Crippen LogP contribution is 2.30. The molecule has 0 atom stereocenters. The van der Waals surface area contributed by atoms with Gasteiger partial charge in [0.25, 0.3) is 0 Å². The van der Waals surface area contributed by atoms with Crippen LogP contribution in [0.25, 0.3) is 65.2 Å². The van der Waals surface area contributed by atoms with E-state index in [1.165, 1.54) is 0 Å². The standard InChI is InChI=1S/C30H18N2O4/c1-13-11-19-21(29(35)17-9-5-3-7-15(17)27(19)33)25-23(13)31-26-22-20(12-14(2)24(26)32-25)28(34)16-8-4-6-10-18(16)30(22)36/h3-12,31-32H,1-2H3. The van der Waals surface area contributed by atoms with E-state index < -0.39 is 0 Å². The van der Waals surface area contributed by atoms with Gasteiger partial charge in [-0.1, -0.05) is 48.5 Å². The average Bonchev–Trinajstić information content (AvgIpc) is 2.89. The normalized spacial score (nSPS) is 12.1. The van der Waals surface area contributed by atoms with Crippen LogP contribution in [0.1, 0.15) is 11.1 Å². The first-order valence-electron chi connectivity index (χ1n) is 11.6. The molecule has 2 N–H and O–H groups in total. The van der Waals surface area contributed by atoms with Crippen molar-refractivity contribution in [2.24, 2.45) is 0 Å². The molecule has 6 nitrogen and oxygen atoms in total. The van der Waals surface area contributed by atoms with Crippen LogP contribution in [-0.4, -0.2) is 9.97 Å². The van der Waals surface area contributed by atoms with Crippen molar-refractivity contribution >= 4 is 65.2 Å². The fraction of sp³-hybridized carbons (Fsp3) is 0.0667. The summed E-state index contributed by atoms with van der Waals surface area (Å²) in [5.74, 6) is 0. The fourth-order valence-electron chi connectivity index (χ4n) is 5.61. The molecule has 0 bridgehead atoms. The monoisotopic (exact) mass is 470 g/mol. The SMILES string of the molecule is Cc1cc2c(=O)c3ccccc3c(=O)c2c2[nH]c3c(C)cc4c(=O)c5ccccc5c(=O)c4c3[nH]c12. The minimum absolute atomic E-state index is 0.196. The van der Waals surface area contributed by atoms with E-state index in [-0.39, 0.29) is 21.7 Å². The van der Waals surface area contributed by atoms with Gasteiger partial charge in [-0.15, -0.1) is 0 Å². The van der Waals surface area contributed by atoms with Crippen LogP contribution in [0.4, 0.5) is 0 Å². The van der Waals surface area contributed by atoms with E-state index in [9.17, 15) is 19.2 Å². The molecule has 6 heteroatoms. The lowest BCUT2D eigenvalue weighted by Crippen LogP contribution is -2.15. The molecule has 0 saturated heterocycles. The highest BCUT2D eigenvalue weighted by Gasteiger charge is 2.19. The van der Waals surface area contributed by atoms with E-state index in [0.717, 1.165) is 11.1 Å². The summed E-state index contributed by atoms with van der Waals surface area (Å²) in [5.41, 5.74) is 2.85. The van der Waals surface area contributed by atoms with Crippen LogP contribution in [-0.2, 0) is 0 Å². The van der Waals surface area contributed by atoms with Crippen molar-refractivity contribution in [1.82, 2.24) is 9.97 Å². The number of rotatable bonds is 0. The Morgan fingerprint density at radius 3 is 1.14 bits per heavy atom. The summed E-state index contributed by atoms with van der Waals surface area (Å²) >= 11 is 0. The summed E-state index contributed by atoms with van der Waals surface area (Å²) in [6.07, 6.45) is 0. The molecule has 36 heavy (non-hydrogen) atoms. The first-order chi connectivity index (χ1) is 17.4. The Balaban J connectivity index is 1.78. The van der Waals surface area contributed by atoms with Crippen molar-refractivity contribution in [1.29, 1.82) is 0 Å². The first kappa shape index (κ1) is 20.5. The molecule has 7 rings (SSSR count).